The van der Waals surface area contributed by atoms with Crippen molar-refractivity contribution in [3.63, 3.8) is 0 Å². The zero-order valence-electron chi connectivity index (χ0n) is 9.38. The van der Waals surface area contributed by atoms with Crippen LogP contribution < -0.4 is 4.74 Å². The van der Waals surface area contributed by atoms with Gasteiger partial charge in [-0.15, -0.1) is 16.4 Å². The van der Waals surface area contributed by atoms with Crippen molar-refractivity contribution >= 4 is 11.3 Å². The quantitative estimate of drug-likeness (QED) is 0.749. The molecule has 2 aromatic heterocycles. The maximum atomic E-state index is 5.70. The fourth-order valence-electron chi connectivity index (χ4n) is 1.32. The Balaban J connectivity index is 2.16. The molecule has 0 N–H and O–H groups in total. The molecule has 0 unspecified atom stereocenters. The van der Waals surface area contributed by atoms with Crippen LogP contribution in [0.15, 0.2) is 11.4 Å². The Kier molecular flexibility index (Phi) is 3.51. The Labute approximate surface area is 98.1 Å². The molecule has 2 rings (SSSR count). The van der Waals surface area contributed by atoms with E-state index in [2.05, 4.69) is 22.4 Å². The molecular weight excluding hydrogens is 224 g/mol. The number of thiophene rings is 1. The number of rotatable bonds is 5. The van der Waals surface area contributed by atoms with Crippen LogP contribution in [-0.2, 0) is 7.05 Å². The van der Waals surface area contributed by atoms with Crippen LogP contribution in [0.4, 0.5) is 0 Å². The van der Waals surface area contributed by atoms with Gasteiger partial charge >= 0.3 is 0 Å². The van der Waals surface area contributed by atoms with E-state index in [-0.39, 0.29) is 0 Å². The monoisotopic (exact) mass is 238 g/mol. The van der Waals surface area contributed by atoms with Crippen LogP contribution in [0.2, 0.25) is 0 Å². The van der Waals surface area contributed by atoms with E-state index in [1.807, 2.05) is 18.5 Å². The molecular formula is C10H14N4OS. The van der Waals surface area contributed by atoms with Gasteiger partial charge in [-0.1, -0.05) is 13.3 Å². The molecule has 0 fully saturated rings. The minimum atomic E-state index is 0.742. The fraction of sp³-hybridized carbons (Fsp3) is 0.500. The number of ether oxygens (including phenoxy) is 1. The number of aromatic nitrogens is 4. The van der Waals surface area contributed by atoms with E-state index in [1.54, 1.807) is 16.0 Å². The van der Waals surface area contributed by atoms with Crippen molar-refractivity contribution in [2.45, 2.75) is 19.8 Å². The van der Waals surface area contributed by atoms with E-state index >= 15 is 0 Å². The van der Waals surface area contributed by atoms with E-state index in [1.165, 1.54) is 0 Å². The minimum Gasteiger partial charge on any atom is -0.492 e. The van der Waals surface area contributed by atoms with E-state index in [0.29, 0.717) is 0 Å². The first kappa shape index (κ1) is 11.1. The molecule has 0 saturated carbocycles. The van der Waals surface area contributed by atoms with Gasteiger partial charge in [0.2, 0.25) is 0 Å². The molecule has 16 heavy (non-hydrogen) atoms. The SMILES string of the molecule is CCCCOc1ccsc1-c1nnnn1C. The Morgan fingerprint density at radius 3 is 3.06 bits per heavy atom. The molecule has 0 spiro atoms. The first-order chi connectivity index (χ1) is 7.83. The second-order valence-electron chi connectivity index (χ2n) is 3.44. The van der Waals surface area contributed by atoms with Crippen LogP contribution in [0.1, 0.15) is 19.8 Å². The van der Waals surface area contributed by atoms with E-state index in [4.69, 9.17) is 4.74 Å². The fourth-order valence-corrected chi connectivity index (χ4v) is 2.17. The van der Waals surface area contributed by atoms with Gasteiger partial charge in [-0.3, -0.25) is 0 Å². The van der Waals surface area contributed by atoms with E-state index < -0.39 is 0 Å². The third-order valence-electron chi connectivity index (χ3n) is 2.21. The molecule has 2 heterocycles. The molecule has 0 aliphatic carbocycles. The first-order valence-electron chi connectivity index (χ1n) is 5.26. The summed E-state index contributed by atoms with van der Waals surface area (Å²) in [6.07, 6.45) is 2.19. The zero-order valence-corrected chi connectivity index (χ0v) is 10.2. The molecule has 86 valence electrons. The highest BCUT2D eigenvalue weighted by molar-refractivity contribution is 7.13. The lowest BCUT2D eigenvalue weighted by Crippen LogP contribution is -1.98. The number of aryl methyl sites for hydroxylation is 1. The van der Waals surface area contributed by atoms with Crippen molar-refractivity contribution in [2.24, 2.45) is 7.05 Å². The number of tetrazole rings is 1. The predicted molar refractivity (Wildman–Crippen MR) is 62.5 cm³/mol. The molecule has 0 aliphatic heterocycles. The summed E-state index contributed by atoms with van der Waals surface area (Å²) in [5.41, 5.74) is 0. The van der Waals surface area contributed by atoms with Crippen molar-refractivity contribution in [3.8, 4) is 16.5 Å². The first-order valence-corrected chi connectivity index (χ1v) is 6.14. The molecule has 6 heteroatoms. The number of nitrogens with zero attached hydrogens (tertiary/aromatic N) is 4. The van der Waals surface area contributed by atoms with Gasteiger partial charge in [0.1, 0.15) is 10.6 Å². The maximum absolute atomic E-state index is 5.70. The third kappa shape index (κ3) is 2.21. The number of hydrogen-bond acceptors (Lipinski definition) is 5. The molecule has 5 nitrogen and oxygen atoms in total. The molecule has 0 saturated heterocycles. The molecule has 0 aromatic carbocycles. The largest absolute Gasteiger partial charge is 0.492 e. The maximum Gasteiger partial charge on any atom is 0.195 e. The van der Waals surface area contributed by atoms with Crippen LogP contribution >= 0.6 is 11.3 Å². The topological polar surface area (TPSA) is 52.8 Å². The summed E-state index contributed by atoms with van der Waals surface area (Å²) in [6.45, 7) is 2.88. The lowest BCUT2D eigenvalue weighted by atomic mass is 10.3. The van der Waals surface area contributed by atoms with Crippen LogP contribution in [-0.4, -0.2) is 26.8 Å². The second-order valence-corrected chi connectivity index (χ2v) is 4.36. The highest BCUT2D eigenvalue weighted by atomic mass is 32.1. The van der Waals surface area contributed by atoms with Gasteiger partial charge in [0, 0.05) is 7.05 Å². The van der Waals surface area contributed by atoms with Gasteiger partial charge in [-0.05, 0) is 28.3 Å². The van der Waals surface area contributed by atoms with Crippen LogP contribution in [0, 0.1) is 0 Å². The van der Waals surface area contributed by atoms with Gasteiger partial charge in [-0.2, -0.15) is 0 Å². The van der Waals surface area contributed by atoms with E-state index in [0.717, 1.165) is 35.9 Å². The van der Waals surface area contributed by atoms with Gasteiger partial charge in [0.05, 0.1) is 6.61 Å². The smallest absolute Gasteiger partial charge is 0.195 e. The molecule has 0 amide bonds. The van der Waals surface area contributed by atoms with Crippen LogP contribution in [0.25, 0.3) is 10.7 Å². The molecule has 0 aliphatic rings. The van der Waals surface area contributed by atoms with Crippen molar-refractivity contribution in [1.29, 1.82) is 0 Å². The van der Waals surface area contributed by atoms with Gasteiger partial charge < -0.3 is 4.74 Å². The Morgan fingerprint density at radius 2 is 2.38 bits per heavy atom. The summed E-state index contributed by atoms with van der Waals surface area (Å²) < 4.78 is 7.35. The summed E-state index contributed by atoms with van der Waals surface area (Å²) >= 11 is 1.59. The Hall–Kier alpha value is -1.43. The van der Waals surface area contributed by atoms with E-state index in [9.17, 15) is 0 Å². The average molecular weight is 238 g/mol. The summed E-state index contributed by atoms with van der Waals surface area (Å²) in [6, 6.07) is 1.96. The summed E-state index contributed by atoms with van der Waals surface area (Å²) in [7, 11) is 1.82. The van der Waals surface area contributed by atoms with Crippen LogP contribution in [0.3, 0.4) is 0 Å². The summed E-state index contributed by atoms with van der Waals surface area (Å²) in [5.74, 6) is 1.62. The molecule has 0 bridgehead atoms. The normalized spacial score (nSPS) is 10.6. The standard InChI is InChI=1S/C10H14N4OS/c1-3-4-6-15-8-5-7-16-9(8)10-11-12-13-14(10)2/h5,7H,3-4,6H2,1-2H3. The lowest BCUT2D eigenvalue weighted by molar-refractivity contribution is 0.311. The molecule has 2 aromatic rings. The van der Waals surface area contributed by atoms with Crippen LogP contribution in [0.5, 0.6) is 5.75 Å². The van der Waals surface area contributed by atoms with Crippen molar-refractivity contribution in [2.75, 3.05) is 6.61 Å². The summed E-state index contributed by atoms with van der Waals surface area (Å²) in [4.78, 5) is 0.989. The molecule has 0 radical (unpaired) electrons. The third-order valence-corrected chi connectivity index (χ3v) is 3.10. The van der Waals surface area contributed by atoms with Gasteiger partial charge in [-0.25, -0.2) is 4.68 Å². The zero-order chi connectivity index (χ0) is 11.4. The minimum absolute atomic E-state index is 0.742. The van der Waals surface area contributed by atoms with Gasteiger partial charge in [0.15, 0.2) is 5.82 Å². The number of hydrogen-bond donors (Lipinski definition) is 0. The predicted octanol–water partition coefficient (Wildman–Crippen LogP) is 2.12. The Bertz CT molecular complexity index is 451. The number of unbranched alkanes of at least 4 members (excludes halogenated alkanes) is 1. The van der Waals surface area contributed by atoms with Crippen molar-refractivity contribution in [3.05, 3.63) is 11.4 Å². The van der Waals surface area contributed by atoms with Crippen molar-refractivity contribution in [1.82, 2.24) is 20.2 Å². The highest BCUT2D eigenvalue weighted by Crippen LogP contribution is 2.33. The molecule has 0 atom stereocenters. The lowest BCUT2D eigenvalue weighted by Gasteiger charge is -2.05. The average Bonchev–Trinajstić information content (AvgIpc) is 2.87. The Morgan fingerprint density at radius 1 is 1.50 bits per heavy atom. The van der Waals surface area contributed by atoms with Crippen molar-refractivity contribution < 1.29 is 4.74 Å². The second kappa shape index (κ2) is 5.07. The van der Waals surface area contributed by atoms with Gasteiger partial charge in [0.25, 0.3) is 0 Å². The highest BCUT2D eigenvalue weighted by Gasteiger charge is 2.13. The summed E-state index contributed by atoms with van der Waals surface area (Å²) in [5, 5.41) is 13.4.